The molecule has 0 radical (unpaired) electrons. The Morgan fingerprint density at radius 1 is 0.816 bits per heavy atom. The Morgan fingerprint density at radius 3 is 2.03 bits per heavy atom. The Morgan fingerprint density at radius 2 is 1.42 bits per heavy atom. The van der Waals surface area contributed by atoms with Gasteiger partial charge in [-0.2, -0.15) is 4.31 Å². The molecule has 0 fully saturated rings. The molecule has 1 N–H and O–H groups in total. The van der Waals surface area contributed by atoms with Gasteiger partial charge in [-0.25, -0.2) is 8.42 Å². The lowest BCUT2D eigenvalue weighted by molar-refractivity contribution is -0.120. The van der Waals surface area contributed by atoms with Crippen LogP contribution in [0.2, 0.25) is 0 Å². The van der Waals surface area contributed by atoms with E-state index in [9.17, 15) is 13.2 Å². The van der Waals surface area contributed by atoms with Crippen molar-refractivity contribution in [2.24, 2.45) is 0 Å². The minimum atomic E-state index is -3.95. The molecule has 0 aliphatic carbocycles. The van der Waals surface area contributed by atoms with Crippen molar-refractivity contribution in [3.63, 3.8) is 0 Å². The number of carbonyl (C=O) groups is 1. The van der Waals surface area contributed by atoms with Crippen LogP contribution in [-0.4, -0.2) is 24.7 Å². The minimum absolute atomic E-state index is 0.0791. The number of hydrogen-bond donors (Lipinski definition) is 1. The van der Waals surface area contributed by atoms with Crippen LogP contribution in [0.1, 0.15) is 30.0 Å². The summed E-state index contributed by atoms with van der Waals surface area (Å²) >= 11 is 0. The number of carbonyl (C=O) groups excluding carboxylic acids is 1. The predicted molar refractivity (Wildman–Crippen MR) is 150 cm³/mol. The van der Waals surface area contributed by atoms with Gasteiger partial charge in [0.25, 0.3) is 0 Å². The summed E-state index contributed by atoms with van der Waals surface area (Å²) in [5.41, 5.74) is 3.50. The fourth-order valence-electron chi connectivity index (χ4n) is 4.08. The van der Waals surface area contributed by atoms with Crippen LogP contribution < -0.4 is 10.1 Å². The number of nitrogens with zero attached hydrogens (tertiary/aromatic N) is 1. The van der Waals surface area contributed by atoms with Crippen LogP contribution in [0.15, 0.2) is 114 Å². The van der Waals surface area contributed by atoms with Gasteiger partial charge in [0, 0.05) is 12.2 Å². The first-order valence-corrected chi connectivity index (χ1v) is 14.0. The van der Waals surface area contributed by atoms with Gasteiger partial charge in [0.05, 0.1) is 4.90 Å². The van der Waals surface area contributed by atoms with Gasteiger partial charge in [0.1, 0.15) is 18.4 Å². The molecule has 4 aromatic carbocycles. The number of rotatable bonds is 11. The molecule has 38 heavy (non-hydrogen) atoms. The van der Waals surface area contributed by atoms with Crippen molar-refractivity contribution in [1.29, 1.82) is 0 Å². The molecule has 4 aromatic rings. The molecule has 0 heterocycles. The highest BCUT2D eigenvalue weighted by molar-refractivity contribution is 7.89. The summed E-state index contributed by atoms with van der Waals surface area (Å²) in [7, 11) is -3.95. The fourth-order valence-corrected chi connectivity index (χ4v) is 5.76. The van der Waals surface area contributed by atoms with Crippen molar-refractivity contribution < 1.29 is 17.9 Å². The molecule has 6 nitrogen and oxygen atoms in total. The zero-order valence-electron chi connectivity index (χ0n) is 21.6. The standard InChI is InChI=1S/C31H32N2O4S/c1-3-30(31(34)32-27-18-20-28(21-19-27)37-23-26-10-6-4-7-11-26)33(22-25-16-14-24(2)15-17-25)38(35,36)29-12-8-5-9-13-29/h4-21,30H,3,22-23H2,1-2H3,(H,32,34). The highest BCUT2D eigenvalue weighted by Crippen LogP contribution is 2.24. The topological polar surface area (TPSA) is 75.7 Å². The van der Waals surface area contributed by atoms with Gasteiger partial charge in [0.2, 0.25) is 15.9 Å². The number of amides is 1. The van der Waals surface area contributed by atoms with E-state index in [-0.39, 0.29) is 11.4 Å². The highest BCUT2D eigenvalue weighted by atomic mass is 32.2. The summed E-state index contributed by atoms with van der Waals surface area (Å²) in [5, 5.41) is 2.89. The number of sulfonamides is 1. The maximum absolute atomic E-state index is 13.7. The van der Waals surface area contributed by atoms with Gasteiger partial charge >= 0.3 is 0 Å². The van der Waals surface area contributed by atoms with Crippen molar-refractivity contribution in [3.05, 3.63) is 126 Å². The van der Waals surface area contributed by atoms with Crippen molar-refractivity contribution in [1.82, 2.24) is 4.31 Å². The van der Waals surface area contributed by atoms with Crippen molar-refractivity contribution >= 4 is 21.6 Å². The van der Waals surface area contributed by atoms with Gasteiger partial charge in [-0.1, -0.05) is 85.3 Å². The van der Waals surface area contributed by atoms with E-state index >= 15 is 0 Å². The molecule has 0 saturated carbocycles. The van der Waals surface area contributed by atoms with E-state index < -0.39 is 22.0 Å². The van der Waals surface area contributed by atoms with Gasteiger partial charge < -0.3 is 10.1 Å². The molecule has 1 amide bonds. The van der Waals surface area contributed by atoms with E-state index in [0.717, 1.165) is 16.7 Å². The zero-order valence-corrected chi connectivity index (χ0v) is 22.4. The predicted octanol–water partition coefficient (Wildman–Crippen LogP) is 6.18. The van der Waals surface area contributed by atoms with E-state index in [0.29, 0.717) is 24.5 Å². The van der Waals surface area contributed by atoms with Crippen LogP contribution in [0.25, 0.3) is 0 Å². The lowest BCUT2D eigenvalue weighted by atomic mass is 10.1. The lowest BCUT2D eigenvalue weighted by Gasteiger charge is -2.29. The Hall–Kier alpha value is -3.94. The average molecular weight is 529 g/mol. The fraction of sp³-hybridized carbons (Fsp3) is 0.194. The Kier molecular flexibility index (Phi) is 8.94. The molecule has 7 heteroatoms. The summed E-state index contributed by atoms with van der Waals surface area (Å²) < 4.78 is 34.6. The molecule has 0 aromatic heterocycles. The maximum atomic E-state index is 13.7. The number of anilines is 1. The summed E-state index contributed by atoms with van der Waals surface area (Å²) in [5.74, 6) is 0.281. The van der Waals surface area contributed by atoms with Gasteiger partial charge in [0.15, 0.2) is 0 Å². The molecule has 0 saturated heterocycles. The third-order valence-electron chi connectivity index (χ3n) is 6.22. The average Bonchev–Trinajstić information content (AvgIpc) is 2.94. The molecule has 0 bridgehead atoms. The SMILES string of the molecule is CCC(C(=O)Nc1ccc(OCc2ccccc2)cc1)N(Cc1ccc(C)cc1)S(=O)(=O)c1ccccc1. The molecule has 0 aliphatic rings. The number of nitrogens with one attached hydrogen (secondary N) is 1. The van der Waals surface area contributed by atoms with E-state index in [1.54, 1.807) is 54.6 Å². The smallest absolute Gasteiger partial charge is 0.244 e. The van der Waals surface area contributed by atoms with Crippen molar-refractivity contribution in [2.45, 2.75) is 44.4 Å². The third-order valence-corrected chi connectivity index (χ3v) is 8.08. The largest absolute Gasteiger partial charge is 0.489 e. The van der Waals surface area contributed by atoms with E-state index in [2.05, 4.69) is 5.32 Å². The van der Waals surface area contributed by atoms with Crippen LogP contribution in [0, 0.1) is 6.92 Å². The Bertz CT molecular complexity index is 1420. The van der Waals surface area contributed by atoms with Crippen molar-refractivity contribution in [3.8, 4) is 5.75 Å². The summed E-state index contributed by atoms with van der Waals surface area (Å²) in [6.07, 6.45) is 0.308. The first kappa shape index (κ1) is 27.1. The summed E-state index contributed by atoms with van der Waals surface area (Å²) in [4.78, 5) is 13.6. The summed E-state index contributed by atoms with van der Waals surface area (Å²) in [6, 6.07) is 31.9. The van der Waals surface area contributed by atoms with Crippen LogP contribution in [-0.2, 0) is 28.0 Å². The van der Waals surface area contributed by atoms with E-state index in [4.69, 9.17) is 4.74 Å². The zero-order chi connectivity index (χ0) is 27.0. The molecule has 1 unspecified atom stereocenters. The molecular formula is C31H32N2O4S. The molecule has 0 aliphatic heterocycles. The quantitative estimate of drug-likeness (QED) is 0.252. The molecular weight excluding hydrogens is 496 g/mol. The molecule has 4 rings (SSSR count). The van der Waals surface area contributed by atoms with E-state index in [1.807, 2.05) is 68.4 Å². The first-order valence-electron chi connectivity index (χ1n) is 12.6. The Labute approximate surface area is 225 Å². The second-order valence-electron chi connectivity index (χ2n) is 9.06. The normalized spacial score (nSPS) is 12.2. The number of benzene rings is 4. The number of ether oxygens (including phenoxy) is 1. The lowest BCUT2D eigenvalue weighted by Crippen LogP contribution is -2.46. The van der Waals surface area contributed by atoms with Gasteiger partial charge in [-0.3, -0.25) is 4.79 Å². The number of hydrogen-bond acceptors (Lipinski definition) is 4. The second-order valence-corrected chi connectivity index (χ2v) is 11.0. The van der Waals surface area contributed by atoms with Crippen LogP contribution in [0.3, 0.4) is 0 Å². The molecule has 196 valence electrons. The molecule has 1 atom stereocenters. The molecule has 0 spiro atoms. The van der Waals surface area contributed by atoms with Crippen LogP contribution >= 0.6 is 0 Å². The van der Waals surface area contributed by atoms with Crippen LogP contribution in [0.4, 0.5) is 5.69 Å². The Balaban J connectivity index is 1.52. The second kappa shape index (κ2) is 12.5. The van der Waals surface area contributed by atoms with Gasteiger partial charge in [-0.15, -0.1) is 0 Å². The summed E-state index contributed by atoms with van der Waals surface area (Å²) in [6.45, 7) is 4.31. The van der Waals surface area contributed by atoms with Gasteiger partial charge in [-0.05, 0) is 60.9 Å². The maximum Gasteiger partial charge on any atom is 0.244 e. The van der Waals surface area contributed by atoms with Crippen LogP contribution in [0.5, 0.6) is 5.75 Å². The van der Waals surface area contributed by atoms with E-state index in [1.165, 1.54) is 4.31 Å². The monoisotopic (exact) mass is 528 g/mol. The minimum Gasteiger partial charge on any atom is -0.489 e. The highest BCUT2D eigenvalue weighted by Gasteiger charge is 2.35. The third kappa shape index (κ3) is 6.88. The first-order chi connectivity index (χ1) is 18.4. The number of aryl methyl sites for hydroxylation is 1. The van der Waals surface area contributed by atoms with Crippen molar-refractivity contribution in [2.75, 3.05) is 5.32 Å².